The summed E-state index contributed by atoms with van der Waals surface area (Å²) >= 11 is 14.2. The zero-order valence-electron chi connectivity index (χ0n) is 7.87. The van der Waals surface area contributed by atoms with Gasteiger partial charge in [0, 0.05) is 15.1 Å². The van der Waals surface area contributed by atoms with Crippen LogP contribution in [-0.4, -0.2) is 15.0 Å². The maximum Gasteiger partial charge on any atom is 0.224 e. The van der Waals surface area contributed by atoms with Crippen molar-refractivity contribution >= 4 is 45.7 Å². The average Bonchev–Trinajstić information content (AvgIpc) is 2.14. The van der Waals surface area contributed by atoms with Crippen LogP contribution in [0.25, 0.3) is 11.4 Å². The quantitative estimate of drug-likeness (QED) is 0.793. The second-order valence-corrected chi connectivity index (χ2v) is 4.74. The van der Waals surface area contributed by atoms with Gasteiger partial charge in [0.05, 0.1) is 0 Å². The van der Waals surface area contributed by atoms with E-state index in [1.165, 1.54) is 0 Å². The molecule has 3 N–H and O–H groups in total. The maximum absolute atomic E-state index is 5.94. The Bertz CT molecular complexity index is 578. The predicted octanol–water partition coefficient (Wildman–Crippen LogP) is 3.20. The first-order valence-electron chi connectivity index (χ1n) is 4.25. The highest BCUT2D eigenvalue weighted by molar-refractivity contribution is 9.10. The number of H-pyrrole nitrogens is 1. The summed E-state index contributed by atoms with van der Waals surface area (Å²) in [6.45, 7) is 0. The summed E-state index contributed by atoms with van der Waals surface area (Å²) in [6, 6.07) is 5.41. The van der Waals surface area contributed by atoms with Crippen molar-refractivity contribution in [3.05, 3.63) is 32.5 Å². The molecule has 0 bridgehead atoms. The van der Waals surface area contributed by atoms with E-state index in [1.807, 2.05) is 6.07 Å². The number of nitrogens with two attached hydrogens (primary N) is 1. The molecule has 1 aromatic carbocycles. The van der Waals surface area contributed by atoms with Crippen molar-refractivity contribution in [3.63, 3.8) is 0 Å². The molecule has 0 fully saturated rings. The summed E-state index contributed by atoms with van der Waals surface area (Å²) < 4.78 is 1.05. The molecule has 82 valence electrons. The lowest BCUT2D eigenvalue weighted by molar-refractivity contribution is 1.05. The third-order valence-corrected chi connectivity index (χ3v) is 2.66. The zero-order chi connectivity index (χ0) is 11.7. The van der Waals surface area contributed by atoms with Crippen molar-refractivity contribution < 1.29 is 0 Å². The van der Waals surface area contributed by atoms with E-state index in [0.29, 0.717) is 10.8 Å². The first-order valence-corrected chi connectivity index (χ1v) is 5.83. The van der Waals surface area contributed by atoms with Crippen LogP contribution in [0.3, 0.4) is 0 Å². The van der Waals surface area contributed by atoms with Crippen molar-refractivity contribution in [2.24, 2.45) is 0 Å². The molecular formula is C9H6BrClN4S. The summed E-state index contributed by atoms with van der Waals surface area (Å²) in [4.78, 5) is 10.7. The van der Waals surface area contributed by atoms with Gasteiger partial charge in [-0.2, -0.15) is 4.98 Å². The minimum Gasteiger partial charge on any atom is -0.369 e. The minimum absolute atomic E-state index is 0.197. The topological polar surface area (TPSA) is 67.6 Å². The first-order chi connectivity index (χ1) is 7.54. The van der Waals surface area contributed by atoms with Gasteiger partial charge in [0.25, 0.3) is 0 Å². The van der Waals surface area contributed by atoms with Crippen LogP contribution >= 0.6 is 39.7 Å². The van der Waals surface area contributed by atoms with Gasteiger partial charge < -0.3 is 10.7 Å². The molecule has 7 heteroatoms. The van der Waals surface area contributed by atoms with Crippen LogP contribution in [0, 0.1) is 4.77 Å². The van der Waals surface area contributed by atoms with Gasteiger partial charge in [0.2, 0.25) is 10.7 Å². The Balaban J connectivity index is 2.62. The summed E-state index contributed by atoms with van der Waals surface area (Å²) in [5.41, 5.74) is 6.35. The molecule has 0 saturated carbocycles. The molecular weight excluding hydrogens is 312 g/mol. The number of benzene rings is 1. The van der Waals surface area contributed by atoms with Gasteiger partial charge in [-0.1, -0.05) is 27.5 Å². The standard InChI is InChI=1S/C9H6BrClN4S/c10-5-1-4(2-6(11)3-5)7-13-8(12)15-9(16)14-7/h1-3H,(H3,12,13,14,15,16). The largest absolute Gasteiger partial charge is 0.369 e. The second-order valence-electron chi connectivity index (χ2n) is 3.02. The molecule has 0 spiro atoms. The van der Waals surface area contributed by atoms with Crippen molar-refractivity contribution in [2.75, 3.05) is 5.73 Å². The second kappa shape index (κ2) is 4.48. The Labute approximate surface area is 110 Å². The maximum atomic E-state index is 5.94. The lowest BCUT2D eigenvalue weighted by atomic mass is 10.2. The molecule has 4 nitrogen and oxygen atoms in total. The Morgan fingerprint density at radius 1 is 1.31 bits per heavy atom. The lowest BCUT2D eigenvalue weighted by Gasteiger charge is -2.03. The third-order valence-electron chi connectivity index (χ3n) is 1.81. The van der Waals surface area contributed by atoms with Crippen molar-refractivity contribution in [3.8, 4) is 11.4 Å². The average molecular weight is 318 g/mol. The van der Waals surface area contributed by atoms with Crippen LogP contribution < -0.4 is 5.73 Å². The number of aromatic nitrogens is 3. The summed E-state index contributed by atoms with van der Waals surface area (Å²) in [6.07, 6.45) is 0. The van der Waals surface area contributed by atoms with E-state index in [0.717, 1.165) is 10.0 Å². The molecule has 1 heterocycles. The number of nitrogens with zero attached hydrogens (tertiary/aromatic N) is 2. The number of hydrogen-bond acceptors (Lipinski definition) is 4. The van der Waals surface area contributed by atoms with Crippen LogP contribution in [0.15, 0.2) is 22.7 Å². The molecule has 0 unspecified atom stereocenters. The lowest BCUT2D eigenvalue weighted by Crippen LogP contribution is -1.99. The van der Waals surface area contributed by atoms with Gasteiger partial charge in [0.15, 0.2) is 0 Å². The SMILES string of the molecule is Nc1nc(=S)nc(-c2cc(Cl)cc(Br)c2)[nH]1. The van der Waals surface area contributed by atoms with Gasteiger partial charge >= 0.3 is 0 Å². The van der Waals surface area contributed by atoms with Crippen molar-refractivity contribution in [1.29, 1.82) is 0 Å². The van der Waals surface area contributed by atoms with Gasteiger partial charge in [-0.3, -0.25) is 0 Å². The number of rotatable bonds is 1. The summed E-state index contributed by atoms with van der Waals surface area (Å²) in [7, 11) is 0. The van der Waals surface area contributed by atoms with Crippen LogP contribution in [-0.2, 0) is 0 Å². The third kappa shape index (κ3) is 2.58. The molecule has 1 aromatic heterocycles. The number of hydrogen-bond donors (Lipinski definition) is 2. The van der Waals surface area contributed by atoms with Gasteiger partial charge in [-0.25, -0.2) is 4.98 Å². The van der Waals surface area contributed by atoms with E-state index in [-0.39, 0.29) is 10.7 Å². The fourth-order valence-corrected chi connectivity index (χ4v) is 2.28. The Kier molecular flexibility index (Phi) is 3.22. The smallest absolute Gasteiger partial charge is 0.224 e. The summed E-state index contributed by atoms with van der Waals surface area (Å²) in [5, 5.41) is 0.598. The molecule has 0 aliphatic heterocycles. The highest BCUT2D eigenvalue weighted by Crippen LogP contribution is 2.25. The fraction of sp³-hybridized carbons (Fsp3) is 0. The van der Waals surface area contributed by atoms with Crippen LogP contribution in [0.5, 0.6) is 0 Å². The number of nitrogen functional groups attached to an aromatic ring is 1. The number of halogens is 2. The van der Waals surface area contributed by atoms with Gasteiger partial charge in [-0.05, 0) is 30.4 Å². The predicted molar refractivity (Wildman–Crippen MR) is 69.8 cm³/mol. The molecule has 0 aliphatic rings. The normalized spacial score (nSPS) is 10.4. The molecule has 2 rings (SSSR count). The van der Waals surface area contributed by atoms with Gasteiger partial charge in [-0.15, -0.1) is 0 Å². The Hall–Kier alpha value is -0.980. The van der Waals surface area contributed by atoms with Crippen molar-refractivity contribution in [2.45, 2.75) is 0 Å². The molecule has 2 aromatic rings. The van der Waals surface area contributed by atoms with Crippen LogP contribution in [0.1, 0.15) is 0 Å². The van der Waals surface area contributed by atoms with E-state index in [9.17, 15) is 0 Å². The van der Waals surface area contributed by atoms with E-state index < -0.39 is 0 Å². The molecule has 0 atom stereocenters. The molecule has 0 amide bonds. The molecule has 16 heavy (non-hydrogen) atoms. The highest BCUT2D eigenvalue weighted by atomic mass is 79.9. The van der Waals surface area contributed by atoms with E-state index in [2.05, 4.69) is 30.9 Å². The summed E-state index contributed by atoms with van der Waals surface area (Å²) in [5.74, 6) is 0.770. The Morgan fingerprint density at radius 3 is 2.69 bits per heavy atom. The van der Waals surface area contributed by atoms with Crippen molar-refractivity contribution in [1.82, 2.24) is 15.0 Å². The molecule has 0 radical (unpaired) electrons. The van der Waals surface area contributed by atoms with Gasteiger partial charge in [0.1, 0.15) is 5.82 Å². The van der Waals surface area contributed by atoms with E-state index >= 15 is 0 Å². The number of anilines is 1. The van der Waals surface area contributed by atoms with E-state index in [1.54, 1.807) is 12.1 Å². The number of aromatic amines is 1. The minimum atomic E-state index is 0.197. The number of nitrogens with one attached hydrogen (secondary N) is 1. The van der Waals surface area contributed by atoms with E-state index in [4.69, 9.17) is 29.6 Å². The highest BCUT2D eigenvalue weighted by Gasteiger charge is 2.04. The monoisotopic (exact) mass is 316 g/mol. The zero-order valence-corrected chi connectivity index (χ0v) is 11.0. The molecule has 0 saturated heterocycles. The van der Waals surface area contributed by atoms with Crippen LogP contribution in [0.4, 0.5) is 5.95 Å². The molecule has 0 aliphatic carbocycles. The Morgan fingerprint density at radius 2 is 2.06 bits per heavy atom. The fourth-order valence-electron chi connectivity index (χ4n) is 1.23. The van der Waals surface area contributed by atoms with Crippen LogP contribution in [0.2, 0.25) is 5.02 Å². The first kappa shape index (κ1) is 11.5.